The van der Waals surface area contributed by atoms with Gasteiger partial charge in [0.1, 0.15) is 0 Å². The molecule has 0 aliphatic carbocycles. The summed E-state index contributed by atoms with van der Waals surface area (Å²) >= 11 is 0. The third kappa shape index (κ3) is 2.68. The van der Waals surface area contributed by atoms with Gasteiger partial charge in [-0.15, -0.1) is 0 Å². The van der Waals surface area contributed by atoms with Crippen LogP contribution in [-0.2, 0) is 6.54 Å². The van der Waals surface area contributed by atoms with Gasteiger partial charge < -0.3 is 16.0 Å². The van der Waals surface area contributed by atoms with Crippen molar-refractivity contribution < 1.29 is 0 Å². The maximum absolute atomic E-state index is 5.76. The van der Waals surface area contributed by atoms with E-state index in [0.717, 1.165) is 6.54 Å². The van der Waals surface area contributed by atoms with Crippen LogP contribution in [0.25, 0.3) is 10.9 Å². The summed E-state index contributed by atoms with van der Waals surface area (Å²) in [4.78, 5) is 3.29. The van der Waals surface area contributed by atoms with Gasteiger partial charge in [0.25, 0.3) is 0 Å². The molecule has 0 amide bonds. The van der Waals surface area contributed by atoms with Crippen LogP contribution in [0.4, 0.5) is 0 Å². The number of fused-ring (bicyclic) bond motifs is 1. The molecule has 2 rings (SSSR count). The van der Waals surface area contributed by atoms with E-state index in [1.54, 1.807) is 0 Å². The van der Waals surface area contributed by atoms with Gasteiger partial charge in [0.2, 0.25) is 0 Å². The molecule has 1 unspecified atom stereocenters. The molecule has 92 valence electrons. The molecule has 0 bridgehead atoms. The Morgan fingerprint density at radius 1 is 1.29 bits per heavy atom. The van der Waals surface area contributed by atoms with Crippen molar-refractivity contribution in [2.24, 2.45) is 11.7 Å². The summed E-state index contributed by atoms with van der Waals surface area (Å²) in [5, 5.41) is 4.78. The van der Waals surface area contributed by atoms with Crippen LogP contribution in [0.5, 0.6) is 0 Å². The lowest BCUT2D eigenvalue weighted by Gasteiger charge is -2.20. The number of nitrogens with two attached hydrogens (primary N) is 1. The second kappa shape index (κ2) is 5.34. The molecule has 3 nitrogen and oxygen atoms in total. The lowest BCUT2D eigenvalue weighted by atomic mass is 10.0. The summed E-state index contributed by atoms with van der Waals surface area (Å²) in [7, 11) is 0. The normalized spacial score (nSPS) is 13.4. The van der Waals surface area contributed by atoms with Gasteiger partial charge in [-0.05, 0) is 22.9 Å². The first-order valence-corrected chi connectivity index (χ1v) is 6.21. The summed E-state index contributed by atoms with van der Waals surface area (Å²) < 4.78 is 0. The number of benzene rings is 1. The van der Waals surface area contributed by atoms with Crippen molar-refractivity contribution in [1.29, 1.82) is 0 Å². The van der Waals surface area contributed by atoms with Gasteiger partial charge in [0.15, 0.2) is 0 Å². The van der Waals surface area contributed by atoms with Crippen molar-refractivity contribution in [2.45, 2.75) is 26.4 Å². The largest absolute Gasteiger partial charge is 0.361 e. The number of hydrogen-bond acceptors (Lipinski definition) is 2. The van der Waals surface area contributed by atoms with E-state index in [1.807, 2.05) is 6.20 Å². The average Bonchev–Trinajstić information content (AvgIpc) is 2.78. The highest BCUT2D eigenvalue weighted by atomic mass is 14.9. The van der Waals surface area contributed by atoms with E-state index in [-0.39, 0.29) is 0 Å². The first-order chi connectivity index (χ1) is 8.22. The number of hydrogen-bond donors (Lipinski definition) is 3. The van der Waals surface area contributed by atoms with Crippen LogP contribution >= 0.6 is 0 Å². The molecule has 0 fully saturated rings. The SMILES string of the molecule is CC(C)C(CN)NCc1cccc2cc[nH]c12. The van der Waals surface area contributed by atoms with Crippen LogP contribution in [0.3, 0.4) is 0 Å². The predicted molar refractivity (Wildman–Crippen MR) is 72.8 cm³/mol. The van der Waals surface area contributed by atoms with E-state index in [4.69, 9.17) is 5.73 Å². The molecule has 4 N–H and O–H groups in total. The molecule has 2 aromatic rings. The van der Waals surface area contributed by atoms with E-state index in [1.165, 1.54) is 16.5 Å². The van der Waals surface area contributed by atoms with Gasteiger partial charge in [-0.3, -0.25) is 0 Å². The van der Waals surface area contributed by atoms with Crippen LogP contribution in [0.1, 0.15) is 19.4 Å². The lowest BCUT2D eigenvalue weighted by molar-refractivity contribution is 0.405. The second-order valence-electron chi connectivity index (χ2n) is 4.83. The van der Waals surface area contributed by atoms with Crippen LogP contribution in [0.15, 0.2) is 30.5 Å². The zero-order valence-corrected chi connectivity index (χ0v) is 10.5. The first kappa shape index (κ1) is 12.1. The van der Waals surface area contributed by atoms with Gasteiger partial charge in [-0.1, -0.05) is 32.0 Å². The van der Waals surface area contributed by atoms with Crippen molar-refractivity contribution in [3.05, 3.63) is 36.0 Å². The van der Waals surface area contributed by atoms with Gasteiger partial charge in [-0.25, -0.2) is 0 Å². The number of H-pyrrole nitrogens is 1. The van der Waals surface area contributed by atoms with E-state index >= 15 is 0 Å². The molecule has 0 saturated carbocycles. The number of aromatic amines is 1. The fraction of sp³-hybridized carbons (Fsp3) is 0.429. The van der Waals surface area contributed by atoms with Crippen LogP contribution < -0.4 is 11.1 Å². The topological polar surface area (TPSA) is 53.8 Å². The highest BCUT2D eigenvalue weighted by molar-refractivity contribution is 5.82. The Balaban J connectivity index is 2.10. The maximum atomic E-state index is 5.76. The summed E-state index contributed by atoms with van der Waals surface area (Å²) in [5.74, 6) is 0.558. The fourth-order valence-corrected chi connectivity index (χ4v) is 2.13. The van der Waals surface area contributed by atoms with Crippen molar-refractivity contribution in [3.63, 3.8) is 0 Å². The van der Waals surface area contributed by atoms with Gasteiger partial charge >= 0.3 is 0 Å². The summed E-state index contributed by atoms with van der Waals surface area (Å²) in [6, 6.07) is 8.85. The number of para-hydroxylation sites is 1. The van der Waals surface area contributed by atoms with E-state index < -0.39 is 0 Å². The van der Waals surface area contributed by atoms with Crippen molar-refractivity contribution in [2.75, 3.05) is 6.54 Å². The van der Waals surface area contributed by atoms with Crippen molar-refractivity contribution in [1.82, 2.24) is 10.3 Å². The Morgan fingerprint density at radius 2 is 2.12 bits per heavy atom. The van der Waals surface area contributed by atoms with Crippen molar-refractivity contribution in [3.8, 4) is 0 Å². The zero-order valence-electron chi connectivity index (χ0n) is 10.5. The lowest BCUT2D eigenvalue weighted by Crippen LogP contribution is -2.39. The van der Waals surface area contributed by atoms with Crippen molar-refractivity contribution >= 4 is 10.9 Å². The van der Waals surface area contributed by atoms with Gasteiger partial charge in [0, 0.05) is 30.8 Å². The van der Waals surface area contributed by atoms with Crippen LogP contribution in [0.2, 0.25) is 0 Å². The molecule has 1 atom stereocenters. The molecular weight excluding hydrogens is 210 g/mol. The summed E-state index contributed by atoms with van der Waals surface area (Å²) in [6.07, 6.45) is 1.98. The standard InChI is InChI=1S/C14H21N3/c1-10(2)13(8-15)17-9-12-5-3-4-11-6-7-16-14(11)12/h3-7,10,13,16-17H,8-9,15H2,1-2H3. The third-order valence-corrected chi connectivity index (χ3v) is 3.29. The minimum atomic E-state index is 0.375. The Hall–Kier alpha value is -1.32. The van der Waals surface area contributed by atoms with E-state index in [9.17, 15) is 0 Å². The molecule has 0 saturated heterocycles. The molecule has 0 aliphatic rings. The molecule has 1 heterocycles. The van der Waals surface area contributed by atoms with E-state index in [2.05, 4.69) is 48.4 Å². The Bertz CT molecular complexity index is 473. The molecule has 1 aromatic heterocycles. The summed E-state index contributed by atoms with van der Waals surface area (Å²) in [6.45, 7) is 5.93. The Morgan fingerprint density at radius 3 is 2.82 bits per heavy atom. The number of aromatic nitrogens is 1. The van der Waals surface area contributed by atoms with Gasteiger partial charge in [-0.2, -0.15) is 0 Å². The molecule has 0 aliphatic heterocycles. The van der Waals surface area contributed by atoms with E-state index in [0.29, 0.717) is 18.5 Å². The first-order valence-electron chi connectivity index (χ1n) is 6.21. The molecule has 0 spiro atoms. The highest BCUT2D eigenvalue weighted by Gasteiger charge is 2.11. The Labute approximate surface area is 102 Å². The molecular formula is C14H21N3. The maximum Gasteiger partial charge on any atom is 0.0499 e. The molecule has 0 radical (unpaired) electrons. The van der Waals surface area contributed by atoms with Gasteiger partial charge in [0.05, 0.1) is 0 Å². The predicted octanol–water partition coefficient (Wildman–Crippen LogP) is 2.24. The number of rotatable bonds is 5. The smallest absolute Gasteiger partial charge is 0.0499 e. The second-order valence-corrected chi connectivity index (χ2v) is 4.83. The molecule has 1 aromatic carbocycles. The van der Waals surface area contributed by atoms with Crippen LogP contribution in [-0.4, -0.2) is 17.6 Å². The molecule has 17 heavy (non-hydrogen) atoms. The quantitative estimate of drug-likeness (QED) is 0.739. The monoisotopic (exact) mass is 231 g/mol. The van der Waals surface area contributed by atoms with Crippen LogP contribution in [0, 0.1) is 5.92 Å². The Kier molecular flexibility index (Phi) is 3.82. The number of nitrogens with one attached hydrogen (secondary N) is 2. The molecule has 3 heteroatoms. The highest BCUT2D eigenvalue weighted by Crippen LogP contribution is 2.17. The third-order valence-electron chi connectivity index (χ3n) is 3.29. The minimum Gasteiger partial charge on any atom is -0.361 e. The zero-order chi connectivity index (χ0) is 12.3. The fourth-order valence-electron chi connectivity index (χ4n) is 2.13. The average molecular weight is 231 g/mol. The summed E-state index contributed by atoms with van der Waals surface area (Å²) in [5.41, 5.74) is 8.28. The minimum absolute atomic E-state index is 0.375.